The number of carbonyl (C=O) groups is 1. The Labute approximate surface area is 183 Å². The van der Waals surface area contributed by atoms with Crippen molar-refractivity contribution in [2.75, 3.05) is 0 Å². The van der Waals surface area contributed by atoms with Crippen LogP contribution < -0.4 is 5.43 Å². The first-order valence-electron chi connectivity index (χ1n) is 8.00. The highest BCUT2D eigenvalue weighted by atomic mass is 35.5. The molecule has 0 amide bonds. The standard InChI is InChI=1S/C20H8Cl4O5/c21-16-14(15(20(27)28)17(22)19(24)18(16)23)13-9-3-1-7(25)5-11(9)29-12-6-8(26)2-4-10(12)13/h1-6,25H,(H,27,28). The van der Waals surface area contributed by atoms with Crippen molar-refractivity contribution in [1.29, 1.82) is 0 Å². The van der Waals surface area contributed by atoms with Crippen LogP contribution >= 0.6 is 46.4 Å². The number of carboxylic acid groups (broad SMARTS) is 1. The molecule has 5 nitrogen and oxygen atoms in total. The highest BCUT2D eigenvalue weighted by molar-refractivity contribution is 6.54. The molecule has 0 spiro atoms. The number of hydrogen-bond acceptors (Lipinski definition) is 4. The summed E-state index contributed by atoms with van der Waals surface area (Å²) >= 11 is 24.9. The molecule has 146 valence electrons. The molecule has 0 saturated heterocycles. The zero-order valence-electron chi connectivity index (χ0n) is 14.1. The Kier molecular flexibility index (Phi) is 4.87. The predicted octanol–water partition coefficient (Wildman–Crippen LogP) is 6.58. The molecule has 2 aliphatic rings. The number of aromatic hydroxyl groups is 1. The first kappa shape index (κ1) is 19.9. The summed E-state index contributed by atoms with van der Waals surface area (Å²) in [5.41, 5.74) is 0.287. The fourth-order valence-corrected chi connectivity index (χ4v) is 4.22. The number of benzene rings is 3. The number of fused-ring (bicyclic) bond motifs is 2. The Balaban J connectivity index is 2.31. The van der Waals surface area contributed by atoms with Crippen molar-refractivity contribution in [2.24, 2.45) is 0 Å². The van der Waals surface area contributed by atoms with Crippen molar-refractivity contribution >= 4 is 63.3 Å². The Morgan fingerprint density at radius 3 is 2.24 bits per heavy atom. The minimum atomic E-state index is -1.37. The lowest BCUT2D eigenvalue weighted by atomic mass is 9.90. The number of phenolic OH excluding ortho intramolecular Hbond substituents is 1. The summed E-state index contributed by atoms with van der Waals surface area (Å²) in [6.07, 6.45) is 0. The molecule has 0 bridgehead atoms. The van der Waals surface area contributed by atoms with Crippen molar-refractivity contribution in [3.05, 3.63) is 72.3 Å². The molecule has 0 atom stereocenters. The number of halogens is 4. The molecule has 4 rings (SSSR count). The van der Waals surface area contributed by atoms with Crippen molar-refractivity contribution < 1.29 is 19.4 Å². The van der Waals surface area contributed by atoms with Gasteiger partial charge in [-0.2, -0.15) is 0 Å². The molecule has 2 aromatic carbocycles. The van der Waals surface area contributed by atoms with Crippen LogP contribution in [0.25, 0.3) is 33.4 Å². The van der Waals surface area contributed by atoms with Crippen LogP contribution in [0.5, 0.6) is 5.75 Å². The maximum Gasteiger partial charge on any atom is 0.337 e. The number of aromatic carboxylic acids is 1. The summed E-state index contributed by atoms with van der Waals surface area (Å²) < 4.78 is 5.75. The van der Waals surface area contributed by atoms with Gasteiger partial charge in [-0.05, 0) is 24.3 Å². The molecule has 0 aromatic heterocycles. The van der Waals surface area contributed by atoms with Gasteiger partial charge >= 0.3 is 5.97 Å². The topological polar surface area (TPSA) is 87.7 Å². The van der Waals surface area contributed by atoms with Gasteiger partial charge in [0.2, 0.25) is 0 Å². The first-order valence-corrected chi connectivity index (χ1v) is 9.51. The quantitative estimate of drug-likeness (QED) is 0.196. The Hall–Kier alpha value is -2.44. The molecule has 1 aliphatic carbocycles. The highest BCUT2D eigenvalue weighted by Gasteiger charge is 2.29. The van der Waals surface area contributed by atoms with Crippen LogP contribution in [0.2, 0.25) is 20.1 Å². The third-order valence-electron chi connectivity index (χ3n) is 4.41. The Morgan fingerprint density at radius 1 is 0.862 bits per heavy atom. The van der Waals surface area contributed by atoms with Gasteiger partial charge in [0.25, 0.3) is 0 Å². The minimum Gasteiger partial charge on any atom is -0.508 e. The van der Waals surface area contributed by atoms with E-state index >= 15 is 0 Å². The highest BCUT2D eigenvalue weighted by Crippen LogP contribution is 2.50. The summed E-state index contributed by atoms with van der Waals surface area (Å²) in [5, 5.41) is 19.4. The minimum absolute atomic E-state index is 0.0219. The van der Waals surface area contributed by atoms with Crippen LogP contribution in [-0.4, -0.2) is 16.2 Å². The predicted molar refractivity (Wildman–Crippen MR) is 113 cm³/mol. The molecule has 1 heterocycles. The van der Waals surface area contributed by atoms with E-state index in [1.807, 2.05) is 0 Å². The van der Waals surface area contributed by atoms with E-state index in [1.165, 1.54) is 36.4 Å². The molecule has 29 heavy (non-hydrogen) atoms. The van der Waals surface area contributed by atoms with Gasteiger partial charge in [0, 0.05) is 34.2 Å². The SMILES string of the molecule is O=C(O)c1c(Cl)c(Cl)c(Cl)c(Cl)c1-c1c2ccc(=O)cc-2oc2cc(O)ccc12. The van der Waals surface area contributed by atoms with Crippen LogP contribution in [0, 0.1) is 0 Å². The van der Waals surface area contributed by atoms with Crippen LogP contribution in [0.3, 0.4) is 0 Å². The lowest BCUT2D eigenvalue weighted by Gasteiger charge is -2.19. The zero-order chi connectivity index (χ0) is 21.0. The lowest BCUT2D eigenvalue weighted by Crippen LogP contribution is -2.06. The van der Waals surface area contributed by atoms with Gasteiger partial charge < -0.3 is 14.6 Å². The molecular formula is C20H8Cl4O5. The number of rotatable bonds is 2. The van der Waals surface area contributed by atoms with E-state index in [4.69, 9.17) is 50.8 Å². The second-order valence-corrected chi connectivity index (χ2v) is 7.64. The molecule has 9 heteroatoms. The fraction of sp³-hybridized carbons (Fsp3) is 0. The Morgan fingerprint density at radius 2 is 1.55 bits per heavy atom. The van der Waals surface area contributed by atoms with Crippen LogP contribution in [0.1, 0.15) is 10.4 Å². The van der Waals surface area contributed by atoms with E-state index in [1.54, 1.807) is 0 Å². The summed E-state index contributed by atoms with van der Waals surface area (Å²) in [7, 11) is 0. The number of phenols is 1. The summed E-state index contributed by atoms with van der Waals surface area (Å²) in [5.74, 6) is -1.28. The van der Waals surface area contributed by atoms with Crippen molar-refractivity contribution in [2.45, 2.75) is 0 Å². The van der Waals surface area contributed by atoms with E-state index in [0.29, 0.717) is 16.5 Å². The van der Waals surface area contributed by atoms with E-state index in [0.717, 1.165) is 0 Å². The smallest absolute Gasteiger partial charge is 0.337 e. The van der Waals surface area contributed by atoms with Gasteiger partial charge in [0.15, 0.2) is 5.43 Å². The molecule has 0 unspecified atom stereocenters. The van der Waals surface area contributed by atoms with E-state index in [-0.39, 0.29) is 53.7 Å². The second-order valence-electron chi connectivity index (χ2n) is 6.13. The average Bonchev–Trinajstić information content (AvgIpc) is 2.66. The maximum atomic E-state index is 12.1. The average molecular weight is 470 g/mol. The van der Waals surface area contributed by atoms with Crippen LogP contribution in [-0.2, 0) is 0 Å². The van der Waals surface area contributed by atoms with E-state index < -0.39 is 5.97 Å². The molecule has 2 N–H and O–H groups in total. The third-order valence-corrected chi connectivity index (χ3v) is 6.21. The van der Waals surface area contributed by atoms with Crippen LogP contribution in [0.4, 0.5) is 0 Å². The third kappa shape index (κ3) is 3.11. The summed E-state index contributed by atoms with van der Waals surface area (Å²) in [6, 6.07) is 8.32. The van der Waals surface area contributed by atoms with Crippen molar-refractivity contribution in [1.82, 2.24) is 0 Å². The van der Waals surface area contributed by atoms with E-state index in [2.05, 4.69) is 0 Å². The lowest BCUT2D eigenvalue weighted by molar-refractivity contribution is 0.0698. The van der Waals surface area contributed by atoms with Gasteiger partial charge in [0.1, 0.15) is 17.1 Å². The molecule has 0 radical (unpaired) electrons. The second kappa shape index (κ2) is 7.11. The Bertz CT molecular complexity index is 1360. The normalized spacial score (nSPS) is 11.3. The van der Waals surface area contributed by atoms with Gasteiger partial charge in [0.05, 0.1) is 25.7 Å². The summed E-state index contributed by atoms with van der Waals surface area (Å²) in [4.78, 5) is 23.9. The molecule has 0 saturated carbocycles. The molecular weight excluding hydrogens is 462 g/mol. The monoisotopic (exact) mass is 468 g/mol. The maximum absolute atomic E-state index is 12.1. The summed E-state index contributed by atoms with van der Waals surface area (Å²) in [6.45, 7) is 0. The van der Waals surface area contributed by atoms with E-state index in [9.17, 15) is 19.8 Å². The van der Waals surface area contributed by atoms with Crippen molar-refractivity contribution in [3.63, 3.8) is 0 Å². The van der Waals surface area contributed by atoms with Gasteiger partial charge in [-0.1, -0.05) is 46.4 Å². The molecule has 1 aliphatic heterocycles. The number of hydrogen-bond donors (Lipinski definition) is 2. The van der Waals surface area contributed by atoms with Gasteiger partial charge in [-0.3, -0.25) is 4.79 Å². The number of carboxylic acids is 1. The van der Waals surface area contributed by atoms with Crippen LogP contribution in [0.15, 0.2) is 45.6 Å². The largest absolute Gasteiger partial charge is 0.508 e. The molecule has 0 fully saturated rings. The van der Waals surface area contributed by atoms with Gasteiger partial charge in [-0.25, -0.2) is 4.79 Å². The first-order chi connectivity index (χ1) is 13.7. The van der Waals surface area contributed by atoms with Crippen molar-refractivity contribution in [3.8, 4) is 28.2 Å². The zero-order valence-corrected chi connectivity index (χ0v) is 17.1. The fourth-order valence-electron chi connectivity index (χ4n) is 3.20. The van der Waals surface area contributed by atoms with Gasteiger partial charge in [-0.15, -0.1) is 0 Å². The molecule has 2 aromatic rings.